The highest BCUT2D eigenvalue weighted by Crippen LogP contribution is 2.35. The molecule has 19 heavy (non-hydrogen) atoms. The molecule has 104 valence electrons. The summed E-state index contributed by atoms with van der Waals surface area (Å²) in [5.41, 5.74) is 0. The Morgan fingerprint density at radius 2 is 2.05 bits per heavy atom. The van der Waals surface area contributed by atoms with E-state index in [1.807, 2.05) is 25.1 Å². The SMILES string of the molecule is CCOCC1COc2ccc(OCC3CO3)cc2O1. The summed E-state index contributed by atoms with van der Waals surface area (Å²) in [6.07, 6.45) is 0.188. The number of hydrogen-bond donors (Lipinski definition) is 0. The molecule has 0 spiro atoms. The molecule has 0 bridgehead atoms. The monoisotopic (exact) mass is 266 g/mol. The highest BCUT2D eigenvalue weighted by atomic mass is 16.6. The summed E-state index contributed by atoms with van der Waals surface area (Å²) >= 11 is 0. The topological polar surface area (TPSA) is 49.5 Å². The molecule has 5 heteroatoms. The van der Waals surface area contributed by atoms with E-state index in [-0.39, 0.29) is 12.2 Å². The van der Waals surface area contributed by atoms with Crippen LogP contribution < -0.4 is 14.2 Å². The molecule has 2 atom stereocenters. The highest BCUT2D eigenvalue weighted by Gasteiger charge is 2.24. The zero-order chi connectivity index (χ0) is 13.1. The van der Waals surface area contributed by atoms with Crippen molar-refractivity contribution in [1.29, 1.82) is 0 Å². The lowest BCUT2D eigenvalue weighted by atomic mass is 10.2. The average molecular weight is 266 g/mol. The second kappa shape index (κ2) is 5.67. The maximum absolute atomic E-state index is 5.84. The van der Waals surface area contributed by atoms with Gasteiger partial charge in [0.1, 0.15) is 25.1 Å². The quantitative estimate of drug-likeness (QED) is 0.733. The number of fused-ring (bicyclic) bond motifs is 1. The first-order chi connectivity index (χ1) is 9.35. The molecule has 1 fully saturated rings. The van der Waals surface area contributed by atoms with Crippen molar-refractivity contribution in [3.8, 4) is 17.2 Å². The first kappa shape index (κ1) is 12.6. The van der Waals surface area contributed by atoms with Gasteiger partial charge in [-0.05, 0) is 19.1 Å². The molecule has 2 heterocycles. The van der Waals surface area contributed by atoms with Crippen LogP contribution in [0.15, 0.2) is 18.2 Å². The maximum Gasteiger partial charge on any atom is 0.165 e. The van der Waals surface area contributed by atoms with Crippen LogP contribution in [0.3, 0.4) is 0 Å². The minimum atomic E-state index is -0.0607. The molecule has 0 aliphatic carbocycles. The van der Waals surface area contributed by atoms with Crippen LogP contribution in [0.5, 0.6) is 17.2 Å². The van der Waals surface area contributed by atoms with Gasteiger partial charge in [0.25, 0.3) is 0 Å². The largest absolute Gasteiger partial charge is 0.491 e. The van der Waals surface area contributed by atoms with Gasteiger partial charge >= 0.3 is 0 Å². The van der Waals surface area contributed by atoms with E-state index < -0.39 is 0 Å². The van der Waals surface area contributed by atoms with Crippen molar-refractivity contribution in [1.82, 2.24) is 0 Å². The molecule has 2 unspecified atom stereocenters. The summed E-state index contributed by atoms with van der Waals surface area (Å²) in [6, 6.07) is 5.61. The lowest BCUT2D eigenvalue weighted by Gasteiger charge is -2.26. The van der Waals surface area contributed by atoms with Gasteiger partial charge in [0.15, 0.2) is 17.6 Å². The van der Waals surface area contributed by atoms with Gasteiger partial charge in [-0.15, -0.1) is 0 Å². The van der Waals surface area contributed by atoms with Gasteiger partial charge in [0.2, 0.25) is 0 Å². The Morgan fingerprint density at radius 3 is 2.84 bits per heavy atom. The van der Waals surface area contributed by atoms with Gasteiger partial charge in [-0.3, -0.25) is 0 Å². The van der Waals surface area contributed by atoms with Crippen molar-refractivity contribution < 1.29 is 23.7 Å². The second-order valence-electron chi connectivity index (χ2n) is 4.59. The van der Waals surface area contributed by atoms with Gasteiger partial charge in [-0.25, -0.2) is 0 Å². The summed E-state index contributed by atoms with van der Waals surface area (Å²) in [4.78, 5) is 0. The molecule has 1 aromatic carbocycles. The first-order valence-corrected chi connectivity index (χ1v) is 6.61. The Labute approximate surface area is 112 Å². The Kier molecular flexibility index (Phi) is 3.75. The number of rotatable bonds is 6. The van der Waals surface area contributed by atoms with Crippen LogP contribution in [0.1, 0.15) is 6.92 Å². The fourth-order valence-electron chi connectivity index (χ4n) is 1.87. The zero-order valence-corrected chi connectivity index (χ0v) is 11.0. The lowest BCUT2D eigenvalue weighted by molar-refractivity contribution is 0.0125. The van der Waals surface area contributed by atoms with Crippen molar-refractivity contribution in [2.24, 2.45) is 0 Å². The van der Waals surface area contributed by atoms with E-state index in [9.17, 15) is 0 Å². The van der Waals surface area contributed by atoms with Gasteiger partial charge in [-0.2, -0.15) is 0 Å². The summed E-state index contributed by atoms with van der Waals surface area (Å²) in [6.45, 7) is 5.07. The van der Waals surface area contributed by atoms with Crippen LogP contribution in [0.25, 0.3) is 0 Å². The molecule has 0 saturated carbocycles. The van der Waals surface area contributed by atoms with E-state index in [1.165, 1.54) is 0 Å². The molecule has 0 N–H and O–H groups in total. The third-order valence-electron chi connectivity index (χ3n) is 2.98. The van der Waals surface area contributed by atoms with Crippen LogP contribution in [0, 0.1) is 0 Å². The van der Waals surface area contributed by atoms with Crippen molar-refractivity contribution in [2.45, 2.75) is 19.1 Å². The van der Waals surface area contributed by atoms with Crippen molar-refractivity contribution in [3.05, 3.63) is 18.2 Å². The minimum absolute atomic E-state index is 0.0607. The standard InChI is InChI=1S/C14H18O5/c1-2-15-6-12-9-18-13-4-3-10(5-14(13)19-12)16-7-11-8-17-11/h3-5,11-12H,2,6-9H2,1H3. The third-order valence-corrected chi connectivity index (χ3v) is 2.98. The summed E-state index contributed by atoms with van der Waals surface area (Å²) in [7, 11) is 0. The summed E-state index contributed by atoms with van der Waals surface area (Å²) < 4.78 is 27.6. The Hall–Kier alpha value is -1.46. The van der Waals surface area contributed by atoms with Crippen LogP contribution in [-0.4, -0.2) is 45.2 Å². The number of hydrogen-bond acceptors (Lipinski definition) is 5. The number of epoxide rings is 1. The molecule has 2 aliphatic heterocycles. The Balaban J connectivity index is 1.61. The average Bonchev–Trinajstić information content (AvgIpc) is 3.26. The smallest absolute Gasteiger partial charge is 0.165 e. The third kappa shape index (κ3) is 3.30. The Bertz CT molecular complexity index is 430. The van der Waals surface area contributed by atoms with Crippen molar-refractivity contribution in [3.63, 3.8) is 0 Å². The molecule has 3 rings (SSSR count). The first-order valence-electron chi connectivity index (χ1n) is 6.61. The predicted molar refractivity (Wildman–Crippen MR) is 68.1 cm³/mol. The van der Waals surface area contributed by atoms with Crippen LogP contribution in [0.2, 0.25) is 0 Å². The van der Waals surface area contributed by atoms with E-state index in [0.29, 0.717) is 32.2 Å². The number of benzene rings is 1. The van der Waals surface area contributed by atoms with Gasteiger partial charge in [0.05, 0.1) is 13.2 Å². The van der Waals surface area contributed by atoms with Crippen molar-refractivity contribution >= 4 is 0 Å². The molecule has 0 radical (unpaired) electrons. The predicted octanol–water partition coefficient (Wildman–Crippen LogP) is 1.64. The van der Waals surface area contributed by atoms with E-state index in [4.69, 9.17) is 23.7 Å². The van der Waals surface area contributed by atoms with Crippen LogP contribution in [-0.2, 0) is 9.47 Å². The van der Waals surface area contributed by atoms with E-state index in [2.05, 4.69) is 0 Å². The molecule has 1 saturated heterocycles. The fraction of sp³-hybridized carbons (Fsp3) is 0.571. The van der Waals surface area contributed by atoms with E-state index in [0.717, 1.165) is 18.1 Å². The lowest BCUT2D eigenvalue weighted by Crippen LogP contribution is -2.33. The molecular formula is C14H18O5. The van der Waals surface area contributed by atoms with Crippen LogP contribution >= 0.6 is 0 Å². The van der Waals surface area contributed by atoms with E-state index in [1.54, 1.807) is 0 Å². The van der Waals surface area contributed by atoms with Crippen molar-refractivity contribution in [2.75, 3.05) is 33.0 Å². The Morgan fingerprint density at radius 1 is 1.16 bits per heavy atom. The molecule has 2 aliphatic rings. The summed E-state index contributed by atoms with van der Waals surface area (Å²) in [5, 5.41) is 0. The molecule has 1 aromatic rings. The molecular weight excluding hydrogens is 248 g/mol. The fourth-order valence-corrected chi connectivity index (χ4v) is 1.87. The molecule has 0 aromatic heterocycles. The molecule has 5 nitrogen and oxygen atoms in total. The van der Waals surface area contributed by atoms with E-state index >= 15 is 0 Å². The normalized spacial score (nSPS) is 24.1. The van der Waals surface area contributed by atoms with Crippen LogP contribution in [0.4, 0.5) is 0 Å². The maximum atomic E-state index is 5.84. The highest BCUT2D eigenvalue weighted by molar-refractivity contribution is 5.46. The van der Waals surface area contributed by atoms with Gasteiger partial charge in [-0.1, -0.05) is 0 Å². The summed E-state index contributed by atoms with van der Waals surface area (Å²) in [5.74, 6) is 2.24. The second-order valence-corrected chi connectivity index (χ2v) is 4.59. The van der Waals surface area contributed by atoms with Gasteiger partial charge < -0.3 is 23.7 Å². The minimum Gasteiger partial charge on any atom is -0.491 e. The number of ether oxygens (including phenoxy) is 5. The molecule has 0 amide bonds. The van der Waals surface area contributed by atoms with Gasteiger partial charge in [0, 0.05) is 12.7 Å². The zero-order valence-electron chi connectivity index (χ0n) is 11.0.